The highest BCUT2D eigenvalue weighted by atomic mass is 127. The number of hydrogen-bond donors (Lipinski definition) is 2. The summed E-state index contributed by atoms with van der Waals surface area (Å²) in [5.74, 6) is 0.869. The van der Waals surface area contributed by atoms with Crippen molar-refractivity contribution >= 4 is 35.6 Å². The van der Waals surface area contributed by atoms with Gasteiger partial charge in [-0.3, -0.25) is 4.99 Å². The van der Waals surface area contributed by atoms with E-state index in [2.05, 4.69) is 28.5 Å². The Bertz CT molecular complexity index is 734. The molecule has 0 bridgehead atoms. The Kier molecular flexibility index (Phi) is 8.15. The third-order valence-electron chi connectivity index (χ3n) is 4.29. The predicted octanol–water partition coefficient (Wildman–Crippen LogP) is 4.52. The highest BCUT2D eigenvalue weighted by molar-refractivity contribution is 14.0. The SMILES string of the molecule is I.NC(=NCCCCOc1ccc(F)cc1)Nc1ccc2c(c1)CCC2. The third kappa shape index (κ3) is 6.16. The molecule has 140 valence electrons. The summed E-state index contributed by atoms with van der Waals surface area (Å²) in [5, 5.41) is 3.15. The van der Waals surface area contributed by atoms with Crippen LogP contribution in [-0.4, -0.2) is 19.1 Å². The van der Waals surface area contributed by atoms with Gasteiger partial charge in [-0.05, 0) is 79.6 Å². The fourth-order valence-corrected chi connectivity index (χ4v) is 2.97. The summed E-state index contributed by atoms with van der Waals surface area (Å²) in [7, 11) is 0. The number of halogens is 2. The van der Waals surface area contributed by atoms with Crippen molar-refractivity contribution in [3.63, 3.8) is 0 Å². The van der Waals surface area contributed by atoms with Crippen molar-refractivity contribution in [2.45, 2.75) is 32.1 Å². The van der Waals surface area contributed by atoms with Crippen molar-refractivity contribution in [3.8, 4) is 5.75 Å². The monoisotopic (exact) mass is 469 g/mol. The van der Waals surface area contributed by atoms with E-state index in [1.165, 1.54) is 36.1 Å². The maximum atomic E-state index is 12.8. The number of nitrogens with zero attached hydrogens (tertiary/aromatic N) is 1. The molecule has 2 aromatic carbocycles. The molecule has 0 fully saturated rings. The average Bonchev–Trinajstić information content (AvgIpc) is 3.07. The fraction of sp³-hybridized carbons (Fsp3) is 0.350. The minimum absolute atomic E-state index is 0. The Morgan fingerprint density at radius 2 is 1.85 bits per heavy atom. The summed E-state index contributed by atoms with van der Waals surface area (Å²) in [6.45, 7) is 1.23. The van der Waals surface area contributed by atoms with Gasteiger partial charge in [0.05, 0.1) is 6.61 Å². The number of ether oxygens (including phenoxy) is 1. The molecular weight excluding hydrogens is 444 g/mol. The van der Waals surface area contributed by atoms with Crippen LogP contribution in [0.2, 0.25) is 0 Å². The van der Waals surface area contributed by atoms with Crippen LogP contribution in [-0.2, 0) is 12.8 Å². The lowest BCUT2D eigenvalue weighted by Gasteiger charge is -2.08. The number of nitrogens with two attached hydrogens (primary N) is 1. The molecule has 0 aliphatic heterocycles. The van der Waals surface area contributed by atoms with Crippen LogP contribution < -0.4 is 15.8 Å². The molecule has 0 spiro atoms. The molecule has 3 rings (SSSR count). The molecule has 2 aromatic rings. The van der Waals surface area contributed by atoms with Crippen molar-refractivity contribution in [2.75, 3.05) is 18.5 Å². The summed E-state index contributed by atoms with van der Waals surface area (Å²) in [5.41, 5.74) is 9.80. The first-order valence-electron chi connectivity index (χ1n) is 8.78. The summed E-state index contributed by atoms with van der Waals surface area (Å²) in [6.07, 6.45) is 5.32. The Morgan fingerprint density at radius 3 is 2.65 bits per heavy atom. The Morgan fingerprint density at radius 1 is 1.08 bits per heavy atom. The van der Waals surface area contributed by atoms with Gasteiger partial charge in [0.1, 0.15) is 11.6 Å². The van der Waals surface area contributed by atoms with E-state index in [0.29, 0.717) is 24.9 Å². The normalized spacial score (nSPS) is 13.0. The van der Waals surface area contributed by atoms with Gasteiger partial charge in [0.15, 0.2) is 5.96 Å². The average molecular weight is 469 g/mol. The molecule has 0 atom stereocenters. The number of aliphatic imine (C=N–C) groups is 1. The standard InChI is InChI=1S/C20H24FN3O.HI/c21-17-7-10-19(11-8-17)25-13-2-1-12-23-20(22)24-18-9-6-15-4-3-5-16(15)14-18;/h6-11,14H,1-5,12-13H2,(H3,22,23,24);1H. The van der Waals surface area contributed by atoms with E-state index < -0.39 is 0 Å². The minimum Gasteiger partial charge on any atom is -0.494 e. The second kappa shape index (κ2) is 10.4. The lowest BCUT2D eigenvalue weighted by Crippen LogP contribution is -2.23. The van der Waals surface area contributed by atoms with E-state index in [0.717, 1.165) is 24.9 Å². The van der Waals surface area contributed by atoms with E-state index in [1.54, 1.807) is 12.1 Å². The molecule has 0 aromatic heterocycles. The van der Waals surface area contributed by atoms with Gasteiger partial charge in [0.2, 0.25) is 0 Å². The van der Waals surface area contributed by atoms with Crippen molar-refractivity contribution in [1.29, 1.82) is 0 Å². The van der Waals surface area contributed by atoms with Gasteiger partial charge in [-0.2, -0.15) is 0 Å². The largest absolute Gasteiger partial charge is 0.494 e. The van der Waals surface area contributed by atoms with Gasteiger partial charge in [-0.1, -0.05) is 6.07 Å². The quantitative estimate of drug-likeness (QED) is 0.272. The van der Waals surface area contributed by atoms with Crippen LogP contribution in [0.5, 0.6) is 5.75 Å². The first-order valence-corrected chi connectivity index (χ1v) is 8.78. The van der Waals surface area contributed by atoms with Crippen molar-refractivity contribution in [1.82, 2.24) is 0 Å². The molecule has 4 nitrogen and oxygen atoms in total. The van der Waals surface area contributed by atoms with E-state index in [1.807, 2.05) is 0 Å². The van der Waals surface area contributed by atoms with Crippen LogP contribution in [0.4, 0.5) is 10.1 Å². The molecule has 6 heteroatoms. The molecule has 0 radical (unpaired) electrons. The molecule has 0 unspecified atom stereocenters. The second-order valence-electron chi connectivity index (χ2n) is 6.24. The zero-order valence-corrected chi connectivity index (χ0v) is 17.0. The Labute approximate surface area is 171 Å². The molecule has 0 saturated heterocycles. The number of unbranched alkanes of at least 4 members (excludes halogenated alkanes) is 1. The molecule has 0 amide bonds. The van der Waals surface area contributed by atoms with Crippen molar-refractivity contribution in [2.24, 2.45) is 10.7 Å². The lowest BCUT2D eigenvalue weighted by molar-refractivity contribution is 0.307. The number of benzene rings is 2. The second-order valence-corrected chi connectivity index (χ2v) is 6.24. The minimum atomic E-state index is -0.256. The molecule has 0 heterocycles. The number of guanidine groups is 1. The van der Waals surface area contributed by atoms with Gasteiger partial charge in [0, 0.05) is 12.2 Å². The van der Waals surface area contributed by atoms with Gasteiger partial charge in [0.25, 0.3) is 0 Å². The maximum Gasteiger partial charge on any atom is 0.193 e. The van der Waals surface area contributed by atoms with Crippen molar-refractivity contribution in [3.05, 3.63) is 59.4 Å². The molecule has 3 N–H and O–H groups in total. The maximum absolute atomic E-state index is 12.8. The summed E-state index contributed by atoms with van der Waals surface area (Å²) >= 11 is 0. The molecule has 1 aliphatic carbocycles. The van der Waals surface area contributed by atoms with Crippen LogP contribution in [0, 0.1) is 5.82 Å². The van der Waals surface area contributed by atoms with Crippen LogP contribution in [0.1, 0.15) is 30.4 Å². The smallest absolute Gasteiger partial charge is 0.193 e. The number of rotatable bonds is 7. The highest BCUT2D eigenvalue weighted by Crippen LogP contribution is 2.24. The first-order chi connectivity index (χ1) is 12.2. The van der Waals surface area contributed by atoms with Gasteiger partial charge >= 0.3 is 0 Å². The first kappa shape index (κ1) is 20.5. The van der Waals surface area contributed by atoms with Gasteiger partial charge in [-0.15, -0.1) is 24.0 Å². The van der Waals surface area contributed by atoms with Crippen LogP contribution in [0.25, 0.3) is 0 Å². The van der Waals surface area contributed by atoms with E-state index >= 15 is 0 Å². The molecule has 0 saturated carbocycles. The highest BCUT2D eigenvalue weighted by Gasteiger charge is 2.10. The van der Waals surface area contributed by atoms with Gasteiger partial charge in [-0.25, -0.2) is 4.39 Å². The van der Waals surface area contributed by atoms with E-state index in [4.69, 9.17) is 10.5 Å². The number of hydrogen-bond acceptors (Lipinski definition) is 2. The fourth-order valence-electron chi connectivity index (χ4n) is 2.97. The van der Waals surface area contributed by atoms with Crippen LogP contribution >= 0.6 is 24.0 Å². The molecule has 1 aliphatic rings. The number of nitrogens with one attached hydrogen (secondary N) is 1. The molecule has 26 heavy (non-hydrogen) atoms. The topological polar surface area (TPSA) is 59.6 Å². The number of aryl methyl sites for hydroxylation is 2. The van der Waals surface area contributed by atoms with E-state index in [9.17, 15) is 4.39 Å². The van der Waals surface area contributed by atoms with Crippen LogP contribution in [0.15, 0.2) is 47.5 Å². The van der Waals surface area contributed by atoms with Gasteiger partial charge < -0.3 is 15.8 Å². The Hall–Kier alpha value is -1.83. The number of anilines is 1. The van der Waals surface area contributed by atoms with Crippen LogP contribution in [0.3, 0.4) is 0 Å². The van der Waals surface area contributed by atoms with E-state index in [-0.39, 0.29) is 29.8 Å². The lowest BCUT2D eigenvalue weighted by atomic mass is 10.1. The summed E-state index contributed by atoms with van der Waals surface area (Å²) in [6, 6.07) is 12.4. The molecular formula is C20H25FIN3O. The Balaban J connectivity index is 0.00000243. The summed E-state index contributed by atoms with van der Waals surface area (Å²) in [4.78, 5) is 4.35. The zero-order chi connectivity index (χ0) is 17.5. The number of fused-ring (bicyclic) bond motifs is 1. The zero-order valence-electron chi connectivity index (χ0n) is 14.7. The third-order valence-corrected chi connectivity index (χ3v) is 4.29. The van der Waals surface area contributed by atoms with Crippen molar-refractivity contribution < 1.29 is 9.13 Å². The summed E-state index contributed by atoms with van der Waals surface area (Å²) < 4.78 is 18.3. The predicted molar refractivity (Wildman–Crippen MR) is 115 cm³/mol.